The van der Waals surface area contributed by atoms with E-state index in [4.69, 9.17) is 27.6 Å². The van der Waals surface area contributed by atoms with Crippen molar-refractivity contribution >= 4 is 29.1 Å². The van der Waals surface area contributed by atoms with Gasteiger partial charge in [-0.1, -0.05) is 47.5 Å². The lowest BCUT2D eigenvalue weighted by Crippen LogP contribution is -2.30. The molecule has 1 N–H and O–H groups in total. The molecule has 0 aliphatic heterocycles. The average molecular weight is 377 g/mol. The third kappa shape index (κ3) is 4.32. The highest BCUT2D eigenvalue weighted by molar-refractivity contribution is 6.30. The van der Waals surface area contributed by atoms with E-state index in [1.54, 1.807) is 36.4 Å². The molecule has 5 nitrogen and oxygen atoms in total. The first kappa shape index (κ1) is 17.3. The molecule has 0 atom stereocenters. The highest BCUT2D eigenvalue weighted by Gasteiger charge is 2.14. The molecule has 0 spiro atoms. The Bertz CT molecular complexity index is 945. The van der Waals surface area contributed by atoms with Crippen molar-refractivity contribution in [3.05, 3.63) is 81.0 Å². The van der Waals surface area contributed by atoms with Crippen molar-refractivity contribution in [3.8, 4) is 11.3 Å². The number of nitrogens with one attached hydrogen (secondary N) is 1. The van der Waals surface area contributed by atoms with Crippen LogP contribution in [-0.4, -0.2) is 10.5 Å². The number of hydrogen-bond donors (Lipinski definition) is 1. The minimum absolute atomic E-state index is 0.145. The van der Waals surface area contributed by atoms with Crippen LogP contribution in [0.2, 0.25) is 10.0 Å². The van der Waals surface area contributed by atoms with E-state index < -0.39 is 5.76 Å². The van der Waals surface area contributed by atoms with Crippen LogP contribution in [0.15, 0.2) is 64.0 Å². The fourth-order valence-electron chi connectivity index (χ4n) is 2.37. The number of rotatable bonds is 5. The van der Waals surface area contributed by atoms with E-state index in [9.17, 15) is 9.59 Å². The van der Waals surface area contributed by atoms with E-state index in [1.165, 1.54) is 10.8 Å². The van der Waals surface area contributed by atoms with E-state index >= 15 is 0 Å². The Hall–Kier alpha value is -2.50. The standard InChI is InChI=1S/C18H14Cl2N2O3/c19-14-6-4-13(5-7-14)16-11-25-18(24)22(16)10-17(23)21-9-12-2-1-3-15(20)8-12/h1-8,11H,9-10H2,(H,21,23). The molecule has 7 heteroatoms. The van der Waals surface area contributed by atoms with Gasteiger partial charge < -0.3 is 9.73 Å². The highest BCUT2D eigenvalue weighted by Crippen LogP contribution is 2.20. The second-order valence-corrected chi connectivity index (χ2v) is 6.26. The number of oxazole rings is 1. The SMILES string of the molecule is O=C(Cn1c(-c2ccc(Cl)cc2)coc1=O)NCc1cccc(Cl)c1. The van der Waals surface area contributed by atoms with Crippen LogP contribution < -0.4 is 11.1 Å². The lowest BCUT2D eigenvalue weighted by atomic mass is 10.2. The summed E-state index contributed by atoms with van der Waals surface area (Å²) in [6.45, 7) is 0.177. The van der Waals surface area contributed by atoms with Gasteiger partial charge in [-0.25, -0.2) is 4.79 Å². The maximum Gasteiger partial charge on any atom is 0.419 e. The summed E-state index contributed by atoms with van der Waals surface area (Å²) in [5.41, 5.74) is 2.12. The molecule has 3 aromatic rings. The molecule has 1 aromatic heterocycles. The van der Waals surface area contributed by atoms with Gasteiger partial charge in [0.25, 0.3) is 0 Å². The number of halogens is 2. The van der Waals surface area contributed by atoms with Crippen LogP contribution in [0.5, 0.6) is 0 Å². The summed E-state index contributed by atoms with van der Waals surface area (Å²) in [6.07, 6.45) is 1.33. The zero-order valence-corrected chi connectivity index (χ0v) is 14.6. The number of nitrogens with zero attached hydrogens (tertiary/aromatic N) is 1. The second-order valence-electron chi connectivity index (χ2n) is 5.39. The summed E-state index contributed by atoms with van der Waals surface area (Å²) >= 11 is 11.8. The summed E-state index contributed by atoms with van der Waals surface area (Å²) in [7, 11) is 0. The lowest BCUT2D eigenvalue weighted by Gasteiger charge is -2.08. The fourth-order valence-corrected chi connectivity index (χ4v) is 2.71. The van der Waals surface area contributed by atoms with Crippen LogP contribution in [0, 0.1) is 0 Å². The number of aromatic nitrogens is 1. The molecule has 0 bridgehead atoms. The van der Waals surface area contributed by atoms with Gasteiger partial charge in [0, 0.05) is 22.2 Å². The third-order valence-corrected chi connectivity index (χ3v) is 4.09. The minimum atomic E-state index is -0.595. The Labute approximate surface area is 153 Å². The van der Waals surface area contributed by atoms with Crippen LogP contribution in [0.4, 0.5) is 0 Å². The fraction of sp³-hybridized carbons (Fsp3) is 0.111. The maximum atomic E-state index is 12.2. The number of carbonyl (C=O) groups is 1. The van der Waals surface area contributed by atoms with Crippen molar-refractivity contribution in [2.75, 3.05) is 0 Å². The van der Waals surface area contributed by atoms with Crippen molar-refractivity contribution in [1.29, 1.82) is 0 Å². The molecule has 25 heavy (non-hydrogen) atoms. The first-order valence-electron chi connectivity index (χ1n) is 7.48. The lowest BCUT2D eigenvalue weighted by molar-refractivity contribution is -0.121. The van der Waals surface area contributed by atoms with E-state index in [0.29, 0.717) is 22.3 Å². The molecule has 128 valence electrons. The zero-order chi connectivity index (χ0) is 17.8. The van der Waals surface area contributed by atoms with Gasteiger partial charge in [-0.3, -0.25) is 9.36 Å². The van der Waals surface area contributed by atoms with Gasteiger partial charge in [0.05, 0.1) is 5.69 Å². The van der Waals surface area contributed by atoms with Gasteiger partial charge >= 0.3 is 5.76 Å². The van der Waals surface area contributed by atoms with Gasteiger partial charge in [-0.05, 0) is 29.8 Å². The Morgan fingerprint density at radius 3 is 2.56 bits per heavy atom. The monoisotopic (exact) mass is 376 g/mol. The van der Waals surface area contributed by atoms with E-state index in [1.807, 2.05) is 12.1 Å². The highest BCUT2D eigenvalue weighted by atomic mass is 35.5. The van der Waals surface area contributed by atoms with Crippen molar-refractivity contribution in [2.24, 2.45) is 0 Å². The van der Waals surface area contributed by atoms with Crippen LogP contribution >= 0.6 is 23.2 Å². The predicted molar refractivity (Wildman–Crippen MR) is 96.7 cm³/mol. The maximum absolute atomic E-state index is 12.2. The molecule has 0 fully saturated rings. The number of amides is 1. The van der Waals surface area contributed by atoms with E-state index in [-0.39, 0.29) is 12.5 Å². The summed E-state index contributed by atoms with van der Waals surface area (Å²) in [5, 5.41) is 3.94. The van der Waals surface area contributed by atoms with Crippen molar-refractivity contribution in [3.63, 3.8) is 0 Å². The van der Waals surface area contributed by atoms with Gasteiger partial charge in [-0.15, -0.1) is 0 Å². The summed E-state index contributed by atoms with van der Waals surface area (Å²) in [6, 6.07) is 14.1. The average Bonchev–Trinajstić information content (AvgIpc) is 2.95. The van der Waals surface area contributed by atoms with Crippen LogP contribution in [0.3, 0.4) is 0 Å². The predicted octanol–water partition coefficient (Wildman–Crippen LogP) is 3.73. The molecule has 0 aliphatic carbocycles. The van der Waals surface area contributed by atoms with Gasteiger partial charge in [0.1, 0.15) is 12.8 Å². The molecular weight excluding hydrogens is 363 g/mol. The van der Waals surface area contributed by atoms with Gasteiger partial charge in [0.2, 0.25) is 5.91 Å². The van der Waals surface area contributed by atoms with Crippen molar-refractivity contribution in [1.82, 2.24) is 9.88 Å². The molecule has 0 unspecified atom stereocenters. The Balaban J connectivity index is 1.72. The Morgan fingerprint density at radius 1 is 1.08 bits per heavy atom. The van der Waals surface area contributed by atoms with Crippen molar-refractivity contribution in [2.45, 2.75) is 13.1 Å². The van der Waals surface area contributed by atoms with Gasteiger partial charge in [0.15, 0.2) is 0 Å². The molecule has 0 saturated carbocycles. The number of hydrogen-bond acceptors (Lipinski definition) is 3. The molecular formula is C18H14Cl2N2O3. The third-order valence-electron chi connectivity index (χ3n) is 3.60. The number of benzene rings is 2. The quantitative estimate of drug-likeness (QED) is 0.737. The zero-order valence-electron chi connectivity index (χ0n) is 13.0. The first-order chi connectivity index (χ1) is 12.0. The topological polar surface area (TPSA) is 64.2 Å². The Morgan fingerprint density at radius 2 is 1.84 bits per heavy atom. The van der Waals surface area contributed by atoms with Gasteiger partial charge in [-0.2, -0.15) is 0 Å². The molecule has 0 aliphatic rings. The van der Waals surface area contributed by atoms with E-state index in [2.05, 4.69) is 5.32 Å². The molecule has 1 amide bonds. The number of carbonyl (C=O) groups excluding carboxylic acids is 1. The smallest absolute Gasteiger partial charge is 0.416 e. The second kappa shape index (κ2) is 7.59. The molecule has 1 heterocycles. The summed E-state index contributed by atoms with van der Waals surface area (Å²) < 4.78 is 6.21. The minimum Gasteiger partial charge on any atom is -0.416 e. The first-order valence-corrected chi connectivity index (χ1v) is 8.24. The molecule has 3 rings (SSSR count). The normalized spacial score (nSPS) is 10.6. The van der Waals surface area contributed by atoms with Crippen molar-refractivity contribution < 1.29 is 9.21 Å². The summed E-state index contributed by atoms with van der Waals surface area (Å²) in [5.74, 6) is -0.901. The summed E-state index contributed by atoms with van der Waals surface area (Å²) in [4.78, 5) is 24.1. The Kier molecular flexibility index (Phi) is 5.26. The van der Waals surface area contributed by atoms with E-state index in [0.717, 1.165) is 11.1 Å². The van der Waals surface area contributed by atoms with Crippen LogP contribution in [0.1, 0.15) is 5.56 Å². The molecule has 0 radical (unpaired) electrons. The van der Waals surface area contributed by atoms with Crippen LogP contribution in [-0.2, 0) is 17.9 Å². The largest absolute Gasteiger partial charge is 0.419 e. The van der Waals surface area contributed by atoms with Crippen LogP contribution in [0.25, 0.3) is 11.3 Å². The molecule has 0 saturated heterocycles. The molecule has 2 aromatic carbocycles.